The summed E-state index contributed by atoms with van der Waals surface area (Å²) in [5.74, 6) is 0.291. The molecule has 0 aliphatic rings. The molecule has 0 aliphatic heterocycles. The molecule has 0 bridgehead atoms. The first-order chi connectivity index (χ1) is 8.80. The monoisotopic (exact) mass is 295 g/mol. The van der Waals surface area contributed by atoms with E-state index in [1.54, 1.807) is 0 Å². The lowest BCUT2D eigenvalue weighted by molar-refractivity contribution is -0.137. The van der Waals surface area contributed by atoms with Gasteiger partial charge in [-0.2, -0.15) is 13.2 Å². The molecule has 0 amide bonds. The van der Waals surface area contributed by atoms with E-state index >= 15 is 0 Å². The number of hydrogen-bond donors (Lipinski definition) is 1. The minimum absolute atomic E-state index is 0.0116. The zero-order valence-corrected chi connectivity index (χ0v) is 11.6. The molecule has 0 aromatic carbocycles. The van der Waals surface area contributed by atoms with E-state index in [1.807, 2.05) is 14.1 Å². The van der Waals surface area contributed by atoms with Crippen LogP contribution in [-0.2, 0) is 6.18 Å². The van der Waals surface area contributed by atoms with Crippen LogP contribution in [0.5, 0.6) is 0 Å². The topological polar surface area (TPSA) is 28.2 Å². The van der Waals surface area contributed by atoms with E-state index in [9.17, 15) is 13.2 Å². The van der Waals surface area contributed by atoms with Crippen molar-refractivity contribution in [2.24, 2.45) is 0 Å². The van der Waals surface area contributed by atoms with Crippen LogP contribution in [0.1, 0.15) is 18.4 Å². The number of nitrogens with zero attached hydrogens (tertiary/aromatic N) is 2. The maximum absolute atomic E-state index is 12.4. The van der Waals surface area contributed by atoms with E-state index < -0.39 is 11.7 Å². The second-order valence-electron chi connectivity index (χ2n) is 4.49. The van der Waals surface area contributed by atoms with Crippen LogP contribution in [-0.4, -0.2) is 37.1 Å². The highest BCUT2D eigenvalue weighted by Gasteiger charge is 2.31. The molecule has 108 valence electrons. The smallest absolute Gasteiger partial charge is 0.369 e. The number of nitrogens with one attached hydrogen (secondary N) is 1. The number of rotatable bonds is 6. The number of hydrogen-bond acceptors (Lipinski definition) is 3. The molecule has 0 fully saturated rings. The maximum atomic E-state index is 12.4. The van der Waals surface area contributed by atoms with Crippen molar-refractivity contribution in [1.29, 1.82) is 0 Å². The molecule has 0 spiro atoms. The van der Waals surface area contributed by atoms with E-state index in [1.165, 1.54) is 0 Å². The van der Waals surface area contributed by atoms with Crippen molar-refractivity contribution in [2.75, 3.05) is 32.5 Å². The summed E-state index contributed by atoms with van der Waals surface area (Å²) in [5.41, 5.74) is -0.837. The van der Waals surface area contributed by atoms with Crippen LogP contribution < -0.4 is 5.32 Å². The summed E-state index contributed by atoms with van der Waals surface area (Å²) in [6, 6.07) is 0.886. The van der Waals surface area contributed by atoms with Gasteiger partial charge >= 0.3 is 6.18 Å². The van der Waals surface area contributed by atoms with Crippen molar-refractivity contribution < 1.29 is 13.2 Å². The second kappa shape index (κ2) is 6.96. The Morgan fingerprint density at radius 3 is 2.53 bits per heavy atom. The standard InChI is InChI=1S/C12H17ClF3N3/c1-19(2)6-4-3-5-17-11-10(13)7-9(8-18-11)12(14,15)16/h7-8H,3-6H2,1-2H3,(H,17,18). The molecule has 3 nitrogen and oxygen atoms in total. The van der Waals surface area contributed by atoms with Crippen LogP contribution in [0.15, 0.2) is 12.3 Å². The first-order valence-electron chi connectivity index (χ1n) is 5.92. The van der Waals surface area contributed by atoms with Crippen LogP contribution in [0.2, 0.25) is 5.02 Å². The van der Waals surface area contributed by atoms with Gasteiger partial charge in [0.05, 0.1) is 10.6 Å². The Morgan fingerprint density at radius 2 is 2.00 bits per heavy atom. The Morgan fingerprint density at radius 1 is 1.32 bits per heavy atom. The summed E-state index contributed by atoms with van der Waals surface area (Å²) in [6.07, 6.45) is -1.73. The first kappa shape index (κ1) is 16.0. The van der Waals surface area contributed by atoms with E-state index in [4.69, 9.17) is 11.6 Å². The fraction of sp³-hybridized carbons (Fsp3) is 0.583. The van der Waals surface area contributed by atoms with Gasteiger partial charge in [-0.05, 0) is 39.5 Å². The molecule has 0 unspecified atom stereocenters. The van der Waals surface area contributed by atoms with Crippen LogP contribution in [0.3, 0.4) is 0 Å². The van der Waals surface area contributed by atoms with Gasteiger partial charge in [0.15, 0.2) is 0 Å². The summed E-state index contributed by atoms with van der Waals surface area (Å²) < 4.78 is 37.2. The average molecular weight is 296 g/mol. The molecule has 1 N–H and O–H groups in total. The van der Waals surface area contributed by atoms with Gasteiger partial charge in [0.25, 0.3) is 0 Å². The van der Waals surface area contributed by atoms with Gasteiger partial charge in [0.2, 0.25) is 0 Å². The highest BCUT2D eigenvalue weighted by molar-refractivity contribution is 6.32. The van der Waals surface area contributed by atoms with E-state index in [0.29, 0.717) is 12.4 Å². The summed E-state index contributed by atoms with van der Waals surface area (Å²) >= 11 is 5.77. The van der Waals surface area contributed by atoms with Gasteiger partial charge in [-0.25, -0.2) is 4.98 Å². The quantitative estimate of drug-likeness (QED) is 0.814. The van der Waals surface area contributed by atoms with Crippen LogP contribution in [0.25, 0.3) is 0 Å². The Balaban J connectivity index is 2.47. The van der Waals surface area contributed by atoms with Gasteiger partial charge in [0, 0.05) is 12.7 Å². The molecular weight excluding hydrogens is 279 g/mol. The van der Waals surface area contributed by atoms with Gasteiger partial charge < -0.3 is 10.2 Å². The second-order valence-corrected chi connectivity index (χ2v) is 4.90. The van der Waals surface area contributed by atoms with Crippen molar-refractivity contribution in [1.82, 2.24) is 9.88 Å². The predicted octanol–water partition coefficient (Wildman–Crippen LogP) is 3.51. The number of halogens is 4. The lowest BCUT2D eigenvalue weighted by Gasteiger charge is -2.12. The minimum Gasteiger partial charge on any atom is -0.369 e. The van der Waals surface area contributed by atoms with Crippen LogP contribution >= 0.6 is 11.6 Å². The molecule has 1 heterocycles. The van der Waals surface area contributed by atoms with Crippen LogP contribution in [0, 0.1) is 0 Å². The highest BCUT2D eigenvalue weighted by atomic mass is 35.5. The number of aromatic nitrogens is 1. The zero-order chi connectivity index (χ0) is 14.5. The third-order valence-electron chi connectivity index (χ3n) is 2.49. The van der Waals surface area contributed by atoms with Crippen LogP contribution in [0.4, 0.5) is 19.0 Å². The molecule has 0 saturated heterocycles. The SMILES string of the molecule is CN(C)CCCCNc1ncc(C(F)(F)F)cc1Cl. The molecule has 0 radical (unpaired) electrons. The molecule has 1 aromatic heterocycles. The van der Waals surface area contributed by atoms with Crippen molar-refractivity contribution in [3.8, 4) is 0 Å². The molecule has 1 aromatic rings. The molecule has 0 aliphatic carbocycles. The Labute approximate surface area is 115 Å². The summed E-state index contributed by atoms with van der Waals surface area (Å²) in [4.78, 5) is 5.78. The Bertz CT molecular complexity index is 408. The van der Waals surface area contributed by atoms with Gasteiger partial charge in [-0.1, -0.05) is 11.6 Å². The maximum Gasteiger partial charge on any atom is 0.417 e. The number of unbranched alkanes of at least 4 members (excludes halogenated alkanes) is 1. The molecule has 19 heavy (non-hydrogen) atoms. The average Bonchev–Trinajstić information content (AvgIpc) is 2.28. The Kier molecular flexibility index (Phi) is 5.87. The van der Waals surface area contributed by atoms with Crippen molar-refractivity contribution in [3.63, 3.8) is 0 Å². The molecule has 1 rings (SSSR count). The lowest BCUT2D eigenvalue weighted by atomic mass is 10.2. The lowest BCUT2D eigenvalue weighted by Crippen LogP contribution is -2.14. The molecule has 0 saturated carbocycles. The minimum atomic E-state index is -4.42. The number of alkyl halides is 3. The highest BCUT2D eigenvalue weighted by Crippen LogP contribution is 2.32. The largest absolute Gasteiger partial charge is 0.417 e. The Hall–Kier alpha value is -1.01. The van der Waals surface area contributed by atoms with Crippen molar-refractivity contribution in [2.45, 2.75) is 19.0 Å². The fourth-order valence-electron chi connectivity index (χ4n) is 1.48. The normalized spacial score (nSPS) is 11.9. The molecule has 0 atom stereocenters. The third kappa shape index (κ3) is 5.65. The first-order valence-corrected chi connectivity index (χ1v) is 6.30. The van der Waals surface area contributed by atoms with Crippen molar-refractivity contribution in [3.05, 3.63) is 22.8 Å². The number of anilines is 1. The van der Waals surface area contributed by atoms with Gasteiger partial charge in [-0.15, -0.1) is 0 Å². The fourth-order valence-corrected chi connectivity index (χ4v) is 1.72. The number of pyridine rings is 1. The third-order valence-corrected chi connectivity index (χ3v) is 2.78. The predicted molar refractivity (Wildman–Crippen MR) is 70.5 cm³/mol. The summed E-state index contributed by atoms with van der Waals surface area (Å²) in [7, 11) is 3.98. The summed E-state index contributed by atoms with van der Waals surface area (Å²) in [6.45, 7) is 1.60. The van der Waals surface area contributed by atoms with E-state index in [2.05, 4.69) is 15.2 Å². The van der Waals surface area contributed by atoms with E-state index in [0.717, 1.165) is 31.6 Å². The molecule has 7 heteroatoms. The van der Waals surface area contributed by atoms with Gasteiger partial charge in [-0.3, -0.25) is 0 Å². The van der Waals surface area contributed by atoms with E-state index in [-0.39, 0.29) is 5.02 Å². The summed E-state index contributed by atoms with van der Waals surface area (Å²) in [5, 5.41) is 2.92. The molecular formula is C12H17ClF3N3. The van der Waals surface area contributed by atoms with Crippen molar-refractivity contribution >= 4 is 17.4 Å². The van der Waals surface area contributed by atoms with Gasteiger partial charge in [0.1, 0.15) is 5.82 Å². The zero-order valence-electron chi connectivity index (χ0n) is 10.9.